The number of carbonyl (C=O) groups is 1. The molecule has 1 fully saturated rings. The third-order valence-electron chi connectivity index (χ3n) is 6.66. The van der Waals surface area contributed by atoms with Crippen LogP contribution in [0.2, 0.25) is 0 Å². The molecule has 31 heavy (non-hydrogen) atoms. The molecule has 0 heterocycles. The van der Waals surface area contributed by atoms with Crippen molar-refractivity contribution in [2.75, 3.05) is 20.6 Å². The Kier molecular flexibility index (Phi) is 8.96. The van der Waals surface area contributed by atoms with E-state index in [1.807, 2.05) is 37.3 Å². The van der Waals surface area contributed by atoms with E-state index in [9.17, 15) is 4.79 Å². The Hall–Kier alpha value is -2.33. The first-order chi connectivity index (χ1) is 15.0. The van der Waals surface area contributed by atoms with E-state index in [1.54, 1.807) is 0 Å². The number of nitrogens with zero attached hydrogens (tertiary/aromatic N) is 1. The van der Waals surface area contributed by atoms with Gasteiger partial charge in [-0.25, -0.2) is 0 Å². The highest BCUT2D eigenvalue weighted by molar-refractivity contribution is 5.80. The summed E-state index contributed by atoms with van der Waals surface area (Å²) >= 11 is 0. The number of ether oxygens (including phenoxy) is 1. The van der Waals surface area contributed by atoms with Gasteiger partial charge in [-0.15, -0.1) is 0 Å². The van der Waals surface area contributed by atoms with Crippen molar-refractivity contribution < 1.29 is 9.53 Å². The molecule has 0 radical (unpaired) electrons. The number of hydrogen-bond donors (Lipinski definition) is 1. The van der Waals surface area contributed by atoms with E-state index in [0.29, 0.717) is 12.0 Å². The highest BCUT2D eigenvalue weighted by Gasteiger charge is 2.29. The fourth-order valence-corrected chi connectivity index (χ4v) is 4.80. The van der Waals surface area contributed by atoms with Crippen molar-refractivity contribution in [2.45, 2.75) is 57.6 Å². The van der Waals surface area contributed by atoms with E-state index in [2.05, 4.69) is 54.6 Å². The van der Waals surface area contributed by atoms with Gasteiger partial charge in [-0.1, -0.05) is 48.5 Å². The number of carbonyl (C=O) groups excluding carboxylic acids is 1. The summed E-state index contributed by atoms with van der Waals surface area (Å²) in [7, 11) is 4.44. The van der Waals surface area contributed by atoms with Crippen LogP contribution in [-0.2, 0) is 11.2 Å². The molecule has 2 atom stereocenters. The molecule has 0 saturated heterocycles. The number of aryl methyl sites for hydroxylation is 1. The average Bonchev–Trinajstić information content (AvgIpc) is 2.79. The standard InChI is InChI=1S/C27H38N2O2/c1-21(31-25-12-8-5-9-13-25)27(30)28-20-23-14-17-24(18-15-23)26(29(2)3)19-16-22-10-6-4-7-11-22/h4-13,21,23-24,26H,14-20H2,1-3H3,(H,28,30). The van der Waals surface area contributed by atoms with Crippen LogP contribution in [0.1, 0.15) is 44.6 Å². The molecule has 3 rings (SSSR count). The summed E-state index contributed by atoms with van der Waals surface area (Å²) in [4.78, 5) is 14.8. The molecule has 0 aliphatic heterocycles. The third-order valence-corrected chi connectivity index (χ3v) is 6.66. The Bertz CT molecular complexity index is 770. The maximum atomic E-state index is 12.4. The van der Waals surface area contributed by atoms with Gasteiger partial charge >= 0.3 is 0 Å². The number of nitrogens with one attached hydrogen (secondary N) is 1. The van der Waals surface area contributed by atoms with Crippen LogP contribution in [0, 0.1) is 11.8 Å². The van der Waals surface area contributed by atoms with E-state index in [-0.39, 0.29) is 5.91 Å². The van der Waals surface area contributed by atoms with Crippen molar-refractivity contribution in [2.24, 2.45) is 11.8 Å². The summed E-state index contributed by atoms with van der Waals surface area (Å²) in [6.45, 7) is 2.57. The Balaban J connectivity index is 1.40. The van der Waals surface area contributed by atoms with Crippen molar-refractivity contribution in [1.29, 1.82) is 0 Å². The van der Waals surface area contributed by atoms with Crippen LogP contribution < -0.4 is 10.1 Å². The molecule has 1 saturated carbocycles. The van der Waals surface area contributed by atoms with Crippen LogP contribution in [0.4, 0.5) is 0 Å². The normalized spacial score (nSPS) is 20.8. The molecule has 4 nitrogen and oxygen atoms in total. The van der Waals surface area contributed by atoms with Crippen LogP contribution in [0.3, 0.4) is 0 Å². The zero-order valence-corrected chi connectivity index (χ0v) is 19.3. The molecule has 1 amide bonds. The largest absolute Gasteiger partial charge is 0.481 e. The van der Waals surface area contributed by atoms with Crippen molar-refractivity contribution in [3.8, 4) is 5.75 Å². The Morgan fingerprint density at radius 1 is 1.00 bits per heavy atom. The van der Waals surface area contributed by atoms with Gasteiger partial charge in [0.2, 0.25) is 0 Å². The lowest BCUT2D eigenvalue weighted by Gasteiger charge is -2.37. The summed E-state index contributed by atoms with van der Waals surface area (Å²) in [5.74, 6) is 2.02. The van der Waals surface area contributed by atoms with E-state index < -0.39 is 6.10 Å². The molecule has 0 bridgehead atoms. The molecule has 4 heteroatoms. The number of para-hydroxylation sites is 1. The zero-order valence-electron chi connectivity index (χ0n) is 19.3. The fraction of sp³-hybridized carbons (Fsp3) is 0.519. The Morgan fingerprint density at radius 3 is 2.23 bits per heavy atom. The number of hydrogen-bond acceptors (Lipinski definition) is 3. The second kappa shape index (κ2) is 11.9. The van der Waals surface area contributed by atoms with Gasteiger partial charge in [0.05, 0.1) is 0 Å². The first-order valence-corrected chi connectivity index (χ1v) is 11.7. The van der Waals surface area contributed by atoms with Crippen LogP contribution in [0.25, 0.3) is 0 Å². The van der Waals surface area contributed by atoms with E-state index in [4.69, 9.17) is 4.74 Å². The van der Waals surface area contributed by atoms with Gasteiger partial charge in [0.25, 0.3) is 5.91 Å². The summed E-state index contributed by atoms with van der Waals surface area (Å²) in [6, 6.07) is 21.0. The topological polar surface area (TPSA) is 41.6 Å². The monoisotopic (exact) mass is 422 g/mol. The van der Waals surface area contributed by atoms with Crippen LogP contribution in [0.15, 0.2) is 60.7 Å². The van der Waals surface area contributed by atoms with Crippen LogP contribution >= 0.6 is 0 Å². The summed E-state index contributed by atoms with van der Waals surface area (Å²) < 4.78 is 5.74. The molecule has 1 aliphatic carbocycles. The summed E-state index contributed by atoms with van der Waals surface area (Å²) in [5, 5.41) is 3.11. The predicted octanol–water partition coefficient (Wildman–Crippen LogP) is 4.94. The smallest absolute Gasteiger partial charge is 0.260 e. The number of benzene rings is 2. The van der Waals surface area contributed by atoms with Crippen molar-refractivity contribution >= 4 is 5.91 Å². The predicted molar refractivity (Wildman–Crippen MR) is 127 cm³/mol. The molecule has 2 aromatic carbocycles. The first-order valence-electron chi connectivity index (χ1n) is 11.7. The molecular formula is C27H38N2O2. The fourth-order valence-electron chi connectivity index (χ4n) is 4.80. The van der Waals surface area contributed by atoms with Crippen LogP contribution in [-0.4, -0.2) is 43.6 Å². The molecule has 1 N–H and O–H groups in total. The minimum atomic E-state index is -0.477. The summed E-state index contributed by atoms with van der Waals surface area (Å²) in [6.07, 6.45) is 6.73. The molecule has 0 spiro atoms. The third kappa shape index (κ3) is 7.39. The van der Waals surface area contributed by atoms with Crippen molar-refractivity contribution in [3.63, 3.8) is 0 Å². The number of amides is 1. The quantitative estimate of drug-likeness (QED) is 0.590. The van der Waals surface area contributed by atoms with Gasteiger partial charge in [-0.05, 0) is 89.1 Å². The average molecular weight is 423 g/mol. The van der Waals surface area contributed by atoms with Gasteiger partial charge in [-0.3, -0.25) is 4.79 Å². The highest BCUT2D eigenvalue weighted by Crippen LogP contribution is 2.33. The van der Waals surface area contributed by atoms with Gasteiger partial charge in [0.15, 0.2) is 6.10 Å². The van der Waals surface area contributed by atoms with Gasteiger partial charge in [-0.2, -0.15) is 0 Å². The van der Waals surface area contributed by atoms with E-state index in [1.165, 1.54) is 37.7 Å². The van der Waals surface area contributed by atoms with Crippen LogP contribution in [0.5, 0.6) is 5.75 Å². The highest BCUT2D eigenvalue weighted by atomic mass is 16.5. The maximum Gasteiger partial charge on any atom is 0.260 e. The molecule has 1 aliphatic rings. The number of rotatable bonds is 10. The molecule has 2 aromatic rings. The van der Waals surface area contributed by atoms with Crippen molar-refractivity contribution in [1.82, 2.24) is 10.2 Å². The minimum Gasteiger partial charge on any atom is -0.481 e. The van der Waals surface area contributed by atoms with Gasteiger partial charge < -0.3 is 15.0 Å². The van der Waals surface area contributed by atoms with Gasteiger partial charge in [0, 0.05) is 12.6 Å². The first kappa shape index (κ1) is 23.3. The van der Waals surface area contributed by atoms with E-state index >= 15 is 0 Å². The second-order valence-corrected chi connectivity index (χ2v) is 9.15. The summed E-state index contributed by atoms with van der Waals surface area (Å²) in [5.41, 5.74) is 1.43. The zero-order chi connectivity index (χ0) is 22.1. The minimum absolute atomic E-state index is 0.0278. The Labute approximate surface area is 188 Å². The lowest BCUT2D eigenvalue weighted by Crippen LogP contribution is -2.41. The van der Waals surface area contributed by atoms with Crippen molar-refractivity contribution in [3.05, 3.63) is 66.2 Å². The second-order valence-electron chi connectivity index (χ2n) is 9.15. The molecule has 0 aromatic heterocycles. The SMILES string of the molecule is CC(Oc1ccccc1)C(=O)NCC1CCC(C(CCc2ccccc2)N(C)C)CC1. The molecular weight excluding hydrogens is 384 g/mol. The maximum absolute atomic E-state index is 12.4. The van der Waals surface area contributed by atoms with Gasteiger partial charge in [0.1, 0.15) is 5.75 Å². The molecule has 168 valence electrons. The molecule has 2 unspecified atom stereocenters. The lowest BCUT2D eigenvalue weighted by molar-refractivity contribution is -0.127. The van der Waals surface area contributed by atoms with E-state index in [0.717, 1.165) is 24.6 Å². The Morgan fingerprint density at radius 2 is 1.61 bits per heavy atom. The lowest BCUT2D eigenvalue weighted by atomic mass is 9.76.